The Morgan fingerprint density at radius 3 is 2.65 bits per heavy atom. The van der Waals surface area contributed by atoms with Crippen LogP contribution in [0.15, 0.2) is 65.3 Å². The molecule has 26 heavy (non-hydrogen) atoms. The number of nitrogens with zero attached hydrogens (tertiary/aromatic N) is 3. The van der Waals surface area contributed by atoms with Crippen molar-refractivity contribution in [3.63, 3.8) is 0 Å². The summed E-state index contributed by atoms with van der Waals surface area (Å²) < 4.78 is 18.2. The summed E-state index contributed by atoms with van der Waals surface area (Å²) >= 11 is 0. The molecular formula is C19H13FN4O2. The van der Waals surface area contributed by atoms with Crippen LogP contribution in [0.1, 0.15) is 16.2 Å². The number of nitrogens with one attached hydrogen (secondary N) is 1. The SMILES string of the molecule is O=C(NCc1cc(-c2ccc(F)cc2)on1)c1cnc2ccccc2n1. The average molecular weight is 348 g/mol. The molecule has 7 heteroatoms. The molecule has 0 aliphatic heterocycles. The number of aromatic nitrogens is 3. The Labute approximate surface area is 147 Å². The van der Waals surface area contributed by atoms with E-state index >= 15 is 0 Å². The second-order valence-electron chi connectivity index (χ2n) is 5.62. The molecule has 1 N–H and O–H groups in total. The summed E-state index contributed by atoms with van der Waals surface area (Å²) in [5.74, 6) is -0.174. The van der Waals surface area contributed by atoms with Gasteiger partial charge >= 0.3 is 0 Å². The molecule has 0 aliphatic rings. The Morgan fingerprint density at radius 1 is 1.08 bits per heavy atom. The summed E-state index contributed by atoms with van der Waals surface area (Å²) in [6, 6.07) is 14.9. The first kappa shape index (κ1) is 15.9. The highest BCUT2D eigenvalue weighted by Crippen LogP contribution is 2.20. The van der Waals surface area contributed by atoms with Gasteiger partial charge in [-0.3, -0.25) is 9.78 Å². The van der Waals surface area contributed by atoms with Gasteiger partial charge < -0.3 is 9.84 Å². The molecule has 0 unspecified atom stereocenters. The Bertz CT molecular complexity index is 1080. The lowest BCUT2D eigenvalue weighted by Crippen LogP contribution is -2.24. The van der Waals surface area contributed by atoms with Gasteiger partial charge in [-0.1, -0.05) is 17.3 Å². The largest absolute Gasteiger partial charge is 0.356 e. The van der Waals surface area contributed by atoms with E-state index in [-0.39, 0.29) is 24.0 Å². The first-order valence-electron chi connectivity index (χ1n) is 7.90. The smallest absolute Gasteiger partial charge is 0.271 e. The molecule has 0 atom stereocenters. The number of carbonyl (C=O) groups excluding carboxylic acids is 1. The molecule has 0 saturated heterocycles. The van der Waals surface area contributed by atoms with Gasteiger partial charge in [-0.15, -0.1) is 0 Å². The van der Waals surface area contributed by atoms with Gasteiger partial charge in [0.1, 0.15) is 17.2 Å². The number of para-hydroxylation sites is 2. The lowest BCUT2D eigenvalue weighted by Gasteiger charge is -2.03. The van der Waals surface area contributed by atoms with E-state index in [9.17, 15) is 9.18 Å². The molecule has 0 fully saturated rings. The maximum absolute atomic E-state index is 13.0. The minimum absolute atomic E-state index is 0.179. The quantitative estimate of drug-likeness (QED) is 0.612. The van der Waals surface area contributed by atoms with Gasteiger partial charge in [-0.25, -0.2) is 9.37 Å². The fraction of sp³-hybridized carbons (Fsp3) is 0.0526. The van der Waals surface area contributed by atoms with E-state index in [1.54, 1.807) is 24.3 Å². The van der Waals surface area contributed by atoms with Crippen LogP contribution in [0.25, 0.3) is 22.4 Å². The Morgan fingerprint density at radius 2 is 1.85 bits per heavy atom. The summed E-state index contributed by atoms with van der Waals surface area (Å²) in [6.45, 7) is 0.179. The zero-order chi connectivity index (χ0) is 17.9. The molecule has 0 radical (unpaired) electrons. The van der Waals surface area contributed by atoms with E-state index in [2.05, 4.69) is 20.4 Å². The summed E-state index contributed by atoms with van der Waals surface area (Å²) in [7, 11) is 0. The minimum atomic E-state index is -0.352. The maximum atomic E-state index is 13.0. The van der Waals surface area contributed by atoms with Crippen molar-refractivity contribution in [2.24, 2.45) is 0 Å². The molecule has 4 rings (SSSR count). The van der Waals surface area contributed by atoms with Crippen LogP contribution in [0.2, 0.25) is 0 Å². The van der Waals surface area contributed by atoms with Gasteiger partial charge in [0.15, 0.2) is 5.76 Å². The first-order chi connectivity index (χ1) is 12.7. The number of carbonyl (C=O) groups is 1. The van der Waals surface area contributed by atoms with E-state index in [0.29, 0.717) is 22.5 Å². The molecule has 2 heterocycles. The molecular weight excluding hydrogens is 335 g/mol. The van der Waals surface area contributed by atoms with Gasteiger partial charge in [0.2, 0.25) is 0 Å². The van der Waals surface area contributed by atoms with E-state index in [4.69, 9.17) is 4.52 Å². The van der Waals surface area contributed by atoms with Gasteiger partial charge in [0.25, 0.3) is 5.91 Å². The number of halogens is 1. The molecule has 0 spiro atoms. The molecule has 128 valence electrons. The summed E-state index contributed by atoms with van der Waals surface area (Å²) in [4.78, 5) is 20.8. The normalized spacial score (nSPS) is 10.8. The Hall–Kier alpha value is -3.61. The second kappa shape index (κ2) is 6.72. The van der Waals surface area contributed by atoms with Crippen LogP contribution in [0.3, 0.4) is 0 Å². The molecule has 0 bridgehead atoms. The molecule has 4 aromatic rings. The second-order valence-corrected chi connectivity index (χ2v) is 5.62. The lowest BCUT2D eigenvalue weighted by atomic mass is 10.1. The van der Waals surface area contributed by atoms with Gasteiger partial charge in [0, 0.05) is 11.6 Å². The predicted octanol–water partition coefficient (Wildman–Crippen LogP) is 3.35. The maximum Gasteiger partial charge on any atom is 0.271 e. The Kier molecular flexibility index (Phi) is 4.10. The molecule has 2 aromatic carbocycles. The number of hydrogen-bond acceptors (Lipinski definition) is 5. The van der Waals surface area contributed by atoms with Crippen molar-refractivity contribution in [1.82, 2.24) is 20.4 Å². The number of hydrogen-bond donors (Lipinski definition) is 1. The molecule has 1 amide bonds. The van der Waals surface area contributed by atoms with Gasteiger partial charge in [-0.05, 0) is 36.4 Å². The molecule has 0 saturated carbocycles. The third kappa shape index (κ3) is 3.27. The molecule has 0 aliphatic carbocycles. The van der Waals surface area contributed by atoms with Crippen molar-refractivity contribution >= 4 is 16.9 Å². The number of rotatable bonds is 4. The fourth-order valence-electron chi connectivity index (χ4n) is 2.47. The van der Waals surface area contributed by atoms with Crippen LogP contribution < -0.4 is 5.32 Å². The van der Waals surface area contributed by atoms with Crippen molar-refractivity contribution < 1.29 is 13.7 Å². The third-order valence-electron chi connectivity index (χ3n) is 3.80. The third-order valence-corrected chi connectivity index (χ3v) is 3.80. The Balaban J connectivity index is 1.45. The monoisotopic (exact) mass is 348 g/mol. The van der Waals surface area contributed by atoms with Crippen molar-refractivity contribution in [3.8, 4) is 11.3 Å². The number of amides is 1. The summed E-state index contributed by atoms with van der Waals surface area (Å²) in [5, 5.41) is 6.64. The highest BCUT2D eigenvalue weighted by molar-refractivity contribution is 5.93. The van der Waals surface area contributed by atoms with Crippen LogP contribution >= 0.6 is 0 Å². The average Bonchev–Trinajstić information content (AvgIpc) is 3.15. The van der Waals surface area contributed by atoms with Crippen LogP contribution in [0.5, 0.6) is 0 Å². The predicted molar refractivity (Wildman–Crippen MR) is 92.6 cm³/mol. The van der Waals surface area contributed by atoms with Gasteiger partial charge in [-0.2, -0.15) is 0 Å². The highest BCUT2D eigenvalue weighted by atomic mass is 19.1. The van der Waals surface area contributed by atoms with Crippen LogP contribution in [0, 0.1) is 5.82 Å². The van der Waals surface area contributed by atoms with Crippen LogP contribution in [0.4, 0.5) is 4.39 Å². The highest BCUT2D eigenvalue weighted by Gasteiger charge is 2.11. The number of benzene rings is 2. The van der Waals surface area contributed by atoms with Crippen molar-refractivity contribution in [3.05, 3.63) is 78.0 Å². The minimum Gasteiger partial charge on any atom is -0.356 e. The number of fused-ring (bicyclic) bond motifs is 1. The standard InChI is InChI=1S/C19H13FN4O2/c20-13-7-5-12(6-8-13)18-9-14(24-26-18)10-22-19(25)17-11-21-15-3-1-2-4-16(15)23-17/h1-9,11H,10H2,(H,22,25). The molecule has 6 nitrogen and oxygen atoms in total. The summed E-state index contributed by atoms with van der Waals surface area (Å²) in [6.07, 6.45) is 1.43. The van der Waals surface area contributed by atoms with E-state index in [0.717, 1.165) is 5.52 Å². The van der Waals surface area contributed by atoms with Crippen molar-refractivity contribution in [2.75, 3.05) is 0 Å². The van der Waals surface area contributed by atoms with Crippen LogP contribution in [-0.2, 0) is 6.54 Å². The fourth-order valence-corrected chi connectivity index (χ4v) is 2.47. The zero-order valence-electron chi connectivity index (χ0n) is 13.5. The zero-order valence-corrected chi connectivity index (χ0v) is 13.5. The summed E-state index contributed by atoms with van der Waals surface area (Å²) in [5.41, 5.74) is 2.86. The lowest BCUT2D eigenvalue weighted by molar-refractivity contribution is 0.0945. The topological polar surface area (TPSA) is 80.9 Å². The molecule has 2 aromatic heterocycles. The van der Waals surface area contributed by atoms with E-state index in [1.165, 1.54) is 18.3 Å². The van der Waals surface area contributed by atoms with Crippen LogP contribution in [-0.4, -0.2) is 21.0 Å². The van der Waals surface area contributed by atoms with Gasteiger partial charge in [0.05, 0.1) is 23.8 Å². The van der Waals surface area contributed by atoms with E-state index in [1.807, 2.05) is 18.2 Å². The van der Waals surface area contributed by atoms with Crippen molar-refractivity contribution in [1.29, 1.82) is 0 Å². The van der Waals surface area contributed by atoms with Crippen molar-refractivity contribution in [2.45, 2.75) is 6.54 Å². The van der Waals surface area contributed by atoms with E-state index < -0.39 is 0 Å². The first-order valence-corrected chi connectivity index (χ1v) is 7.90.